The molecule has 1 aliphatic rings. The quantitative estimate of drug-likeness (QED) is 0.347. The number of nitrogens with one attached hydrogen (secondary N) is 1. The highest BCUT2D eigenvalue weighted by atomic mass is 16.2. The summed E-state index contributed by atoms with van der Waals surface area (Å²) in [5.74, 6) is 0.526. The van der Waals surface area contributed by atoms with E-state index in [0.717, 1.165) is 59.3 Å². The van der Waals surface area contributed by atoms with E-state index in [2.05, 4.69) is 75.6 Å². The first-order valence-electron chi connectivity index (χ1n) is 12.8. The second kappa shape index (κ2) is 9.65. The predicted molar refractivity (Wildman–Crippen MR) is 147 cm³/mol. The summed E-state index contributed by atoms with van der Waals surface area (Å²) < 4.78 is 2.14. The number of likely N-dealkylation sites (tertiary alicyclic amines) is 1. The maximum absolute atomic E-state index is 11.9. The fourth-order valence-electron chi connectivity index (χ4n) is 5.57. The summed E-state index contributed by atoms with van der Waals surface area (Å²) in [5, 5.41) is 5.05. The van der Waals surface area contributed by atoms with Gasteiger partial charge in [0.1, 0.15) is 0 Å². The van der Waals surface area contributed by atoms with E-state index >= 15 is 0 Å². The van der Waals surface area contributed by atoms with Crippen LogP contribution in [0, 0.1) is 5.92 Å². The fraction of sp³-hybridized carbons (Fsp3) is 0.267. The molecule has 1 atom stereocenters. The van der Waals surface area contributed by atoms with E-state index in [4.69, 9.17) is 4.98 Å². The Bertz CT molecular complexity index is 1570. The molecule has 4 heterocycles. The SMILES string of the molecule is CC(=O)N1CCC(C(Nc2cc(-c3ccc4ccn(C)c4c3)c3nccnc3c2)c2cccnc2)CC1. The zero-order valence-electron chi connectivity index (χ0n) is 21.1. The molecule has 1 unspecified atom stereocenters. The van der Waals surface area contributed by atoms with Crippen molar-refractivity contribution in [1.29, 1.82) is 0 Å². The van der Waals surface area contributed by atoms with Crippen molar-refractivity contribution in [3.63, 3.8) is 0 Å². The third-order valence-electron chi connectivity index (χ3n) is 7.59. The molecule has 0 saturated carbocycles. The minimum absolute atomic E-state index is 0.0696. The van der Waals surface area contributed by atoms with Gasteiger partial charge in [-0.15, -0.1) is 0 Å². The summed E-state index contributed by atoms with van der Waals surface area (Å²) in [7, 11) is 2.07. The van der Waals surface area contributed by atoms with E-state index < -0.39 is 0 Å². The summed E-state index contributed by atoms with van der Waals surface area (Å²) in [4.78, 5) is 27.6. The molecule has 2 aromatic carbocycles. The Labute approximate surface area is 216 Å². The van der Waals surface area contributed by atoms with Gasteiger partial charge in [0.05, 0.1) is 17.1 Å². The van der Waals surface area contributed by atoms with Crippen molar-refractivity contribution in [1.82, 2.24) is 24.4 Å². The van der Waals surface area contributed by atoms with Gasteiger partial charge in [0, 0.05) is 74.8 Å². The second-order valence-corrected chi connectivity index (χ2v) is 9.90. The average molecular weight is 491 g/mol. The van der Waals surface area contributed by atoms with Gasteiger partial charge in [-0.3, -0.25) is 19.7 Å². The Morgan fingerprint density at radius 3 is 2.65 bits per heavy atom. The average Bonchev–Trinajstić information content (AvgIpc) is 3.31. The van der Waals surface area contributed by atoms with Crippen molar-refractivity contribution >= 4 is 33.5 Å². The van der Waals surface area contributed by atoms with E-state index in [1.165, 1.54) is 10.9 Å². The molecule has 7 nitrogen and oxygen atoms in total. The van der Waals surface area contributed by atoms with Crippen LogP contribution in [0.2, 0.25) is 0 Å². The van der Waals surface area contributed by atoms with Crippen LogP contribution in [0.3, 0.4) is 0 Å². The highest BCUT2D eigenvalue weighted by molar-refractivity contribution is 5.97. The van der Waals surface area contributed by atoms with Gasteiger partial charge >= 0.3 is 0 Å². The standard InChI is InChI=1S/C30H30N6O/c1-20(37)36-14-8-22(9-15-36)29(24-4-3-10-31-19-24)34-25-17-26(30-27(18-25)32-11-12-33-30)23-6-5-21-7-13-35(2)28(21)16-23/h3-7,10-13,16-19,22,29,34H,8-9,14-15H2,1-2H3. The molecule has 0 aliphatic carbocycles. The second-order valence-electron chi connectivity index (χ2n) is 9.90. The number of benzene rings is 2. The largest absolute Gasteiger partial charge is 0.378 e. The molecule has 1 N–H and O–H groups in total. The lowest BCUT2D eigenvalue weighted by Gasteiger charge is -2.36. The number of fused-ring (bicyclic) bond motifs is 2. The predicted octanol–water partition coefficient (Wildman–Crippen LogP) is 5.60. The number of carbonyl (C=O) groups is 1. The number of aromatic nitrogens is 4. The van der Waals surface area contributed by atoms with Gasteiger partial charge < -0.3 is 14.8 Å². The lowest BCUT2D eigenvalue weighted by Crippen LogP contribution is -2.39. The van der Waals surface area contributed by atoms with Crippen LogP contribution < -0.4 is 5.32 Å². The maximum Gasteiger partial charge on any atom is 0.219 e. The van der Waals surface area contributed by atoms with Crippen LogP contribution in [-0.4, -0.2) is 43.4 Å². The van der Waals surface area contributed by atoms with Crippen molar-refractivity contribution in [2.45, 2.75) is 25.8 Å². The zero-order valence-corrected chi connectivity index (χ0v) is 21.1. The molecule has 6 rings (SSSR count). The van der Waals surface area contributed by atoms with Gasteiger partial charge in [-0.25, -0.2) is 0 Å². The van der Waals surface area contributed by atoms with Crippen molar-refractivity contribution in [2.24, 2.45) is 13.0 Å². The van der Waals surface area contributed by atoms with Crippen molar-refractivity contribution in [2.75, 3.05) is 18.4 Å². The Kier molecular flexibility index (Phi) is 6.04. The van der Waals surface area contributed by atoms with E-state index in [1.807, 2.05) is 23.4 Å². The summed E-state index contributed by atoms with van der Waals surface area (Å²) in [6.45, 7) is 3.22. The summed E-state index contributed by atoms with van der Waals surface area (Å²) in [6, 6.07) is 17.1. The molecule has 7 heteroatoms. The van der Waals surface area contributed by atoms with Crippen molar-refractivity contribution in [3.05, 3.63) is 85.1 Å². The van der Waals surface area contributed by atoms with Gasteiger partial charge in [-0.1, -0.05) is 18.2 Å². The van der Waals surface area contributed by atoms with Gasteiger partial charge in [-0.2, -0.15) is 0 Å². The van der Waals surface area contributed by atoms with Gasteiger partial charge in [-0.05, 0) is 65.6 Å². The number of piperidine rings is 1. The van der Waals surface area contributed by atoms with E-state index in [0.29, 0.717) is 5.92 Å². The minimum atomic E-state index is 0.0696. The molecule has 5 aromatic rings. The van der Waals surface area contributed by atoms with Crippen LogP contribution in [0.1, 0.15) is 31.4 Å². The lowest BCUT2D eigenvalue weighted by molar-refractivity contribution is -0.130. The number of nitrogens with zero attached hydrogens (tertiary/aromatic N) is 5. The van der Waals surface area contributed by atoms with Crippen LogP contribution in [0.4, 0.5) is 5.69 Å². The third-order valence-corrected chi connectivity index (χ3v) is 7.59. The van der Waals surface area contributed by atoms with Gasteiger partial charge in [0.25, 0.3) is 0 Å². The summed E-state index contributed by atoms with van der Waals surface area (Å²) in [5.41, 5.74) is 7.22. The van der Waals surface area contributed by atoms with E-state index in [9.17, 15) is 4.79 Å². The van der Waals surface area contributed by atoms with Crippen molar-refractivity contribution in [3.8, 4) is 11.1 Å². The molecular weight excluding hydrogens is 460 g/mol. The molecule has 0 spiro atoms. The molecule has 0 bridgehead atoms. The first kappa shape index (κ1) is 23.2. The number of rotatable bonds is 5. The van der Waals surface area contributed by atoms with Crippen molar-refractivity contribution < 1.29 is 4.79 Å². The molecule has 1 aliphatic heterocycles. The Balaban J connectivity index is 1.40. The normalized spacial score (nSPS) is 15.2. The Morgan fingerprint density at radius 1 is 1.03 bits per heavy atom. The molecular formula is C30H30N6O. The Morgan fingerprint density at radius 2 is 1.86 bits per heavy atom. The minimum Gasteiger partial charge on any atom is -0.378 e. The summed E-state index contributed by atoms with van der Waals surface area (Å²) >= 11 is 0. The summed E-state index contributed by atoms with van der Waals surface area (Å²) in [6.07, 6.45) is 11.2. The first-order valence-corrected chi connectivity index (χ1v) is 12.8. The van der Waals surface area contributed by atoms with Crippen LogP contribution in [0.15, 0.2) is 79.5 Å². The lowest BCUT2D eigenvalue weighted by atomic mass is 9.85. The molecule has 1 fully saturated rings. The third kappa shape index (κ3) is 4.53. The number of carbonyl (C=O) groups excluding carboxylic acids is 1. The number of anilines is 1. The molecule has 186 valence electrons. The molecule has 0 radical (unpaired) electrons. The number of hydrogen-bond acceptors (Lipinski definition) is 5. The number of pyridine rings is 1. The monoisotopic (exact) mass is 490 g/mol. The van der Waals surface area contributed by atoms with Gasteiger partial charge in [0.2, 0.25) is 5.91 Å². The molecule has 37 heavy (non-hydrogen) atoms. The van der Waals surface area contributed by atoms with Crippen LogP contribution in [0.5, 0.6) is 0 Å². The molecule has 3 aromatic heterocycles. The smallest absolute Gasteiger partial charge is 0.219 e. The maximum atomic E-state index is 11.9. The van der Waals surface area contributed by atoms with Crippen LogP contribution >= 0.6 is 0 Å². The van der Waals surface area contributed by atoms with E-state index in [1.54, 1.807) is 19.3 Å². The zero-order chi connectivity index (χ0) is 25.4. The van der Waals surface area contributed by atoms with E-state index in [-0.39, 0.29) is 11.9 Å². The number of hydrogen-bond donors (Lipinski definition) is 1. The number of amides is 1. The van der Waals surface area contributed by atoms with Gasteiger partial charge in [0.15, 0.2) is 0 Å². The van der Waals surface area contributed by atoms with Crippen LogP contribution in [0.25, 0.3) is 33.1 Å². The molecule has 1 amide bonds. The topological polar surface area (TPSA) is 75.9 Å². The Hall–Kier alpha value is -4.26. The number of aryl methyl sites for hydroxylation is 1. The first-order chi connectivity index (χ1) is 18.1. The highest BCUT2D eigenvalue weighted by Gasteiger charge is 2.29. The molecule has 1 saturated heterocycles. The fourth-order valence-corrected chi connectivity index (χ4v) is 5.57. The van der Waals surface area contributed by atoms with Crippen LogP contribution in [-0.2, 0) is 11.8 Å². The highest BCUT2D eigenvalue weighted by Crippen LogP contribution is 2.37.